The molecule has 2 aromatic rings. The number of sulfone groups is 1. The number of benzene rings is 2. The van der Waals surface area contributed by atoms with Crippen molar-refractivity contribution in [2.75, 3.05) is 19.4 Å². The molecule has 1 N–H and O–H groups in total. The van der Waals surface area contributed by atoms with Crippen molar-refractivity contribution in [2.24, 2.45) is 0 Å². The van der Waals surface area contributed by atoms with Crippen molar-refractivity contribution >= 4 is 15.7 Å². The standard InChI is InChI=1S/C17H18FNO4S/c1-24(21,22)12-13-4-2-5-14(10-13)17(20)19-8-9-23-16-7-3-6-15(18)11-16/h2-7,10-11H,8-9,12H2,1H3,(H,19,20). The van der Waals surface area contributed by atoms with Crippen LogP contribution in [0.4, 0.5) is 4.39 Å². The van der Waals surface area contributed by atoms with E-state index in [1.165, 1.54) is 18.2 Å². The van der Waals surface area contributed by atoms with E-state index in [0.717, 1.165) is 6.26 Å². The van der Waals surface area contributed by atoms with Gasteiger partial charge < -0.3 is 10.1 Å². The first-order valence-electron chi connectivity index (χ1n) is 7.27. The maximum atomic E-state index is 13.0. The van der Waals surface area contributed by atoms with Crippen molar-refractivity contribution in [3.05, 3.63) is 65.5 Å². The lowest BCUT2D eigenvalue weighted by Gasteiger charge is -2.08. The highest BCUT2D eigenvalue weighted by Crippen LogP contribution is 2.11. The van der Waals surface area contributed by atoms with Crippen molar-refractivity contribution in [3.63, 3.8) is 0 Å². The summed E-state index contributed by atoms with van der Waals surface area (Å²) in [6.45, 7) is 0.434. The Balaban J connectivity index is 1.85. The molecule has 0 bridgehead atoms. The van der Waals surface area contributed by atoms with E-state index >= 15 is 0 Å². The van der Waals surface area contributed by atoms with Gasteiger partial charge in [0, 0.05) is 17.9 Å². The van der Waals surface area contributed by atoms with Gasteiger partial charge in [0.25, 0.3) is 5.91 Å². The molecule has 0 saturated carbocycles. The molecule has 0 aliphatic rings. The molecule has 5 nitrogen and oxygen atoms in total. The Morgan fingerprint density at radius 2 is 1.92 bits per heavy atom. The van der Waals surface area contributed by atoms with Crippen LogP contribution in [0, 0.1) is 5.82 Å². The second kappa shape index (κ2) is 7.92. The lowest BCUT2D eigenvalue weighted by molar-refractivity contribution is 0.0947. The smallest absolute Gasteiger partial charge is 0.251 e. The van der Waals surface area contributed by atoms with E-state index in [0.29, 0.717) is 16.9 Å². The van der Waals surface area contributed by atoms with Crippen molar-refractivity contribution in [1.82, 2.24) is 5.32 Å². The molecular weight excluding hydrogens is 333 g/mol. The lowest BCUT2D eigenvalue weighted by atomic mass is 10.1. The summed E-state index contributed by atoms with van der Waals surface area (Å²) in [7, 11) is -3.16. The third-order valence-corrected chi connectivity index (χ3v) is 3.93. The minimum atomic E-state index is -3.16. The van der Waals surface area contributed by atoms with E-state index in [-0.39, 0.29) is 30.6 Å². The van der Waals surface area contributed by atoms with Crippen LogP contribution in [0.3, 0.4) is 0 Å². The Bertz CT molecular complexity index is 821. The molecule has 0 saturated heterocycles. The molecule has 0 fully saturated rings. The van der Waals surface area contributed by atoms with E-state index in [1.54, 1.807) is 30.3 Å². The van der Waals surface area contributed by atoms with Gasteiger partial charge in [-0.3, -0.25) is 4.79 Å². The van der Waals surface area contributed by atoms with E-state index in [9.17, 15) is 17.6 Å². The second-order valence-corrected chi connectivity index (χ2v) is 7.47. The highest BCUT2D eigenvalue weighted by molar-refractivity contribution is 7.89. The van der Waals surface area contributed by atoms with Gasteiger partial charge in [-0.1, -0.05) is 18.2 Å². The number of carbonyl (C=O) groups is 1. The van der Waals surface area contributed by atoms with Gasteiger partial charge in [0.15, 0.2) is 9.84 Å². The summed E-state index contributed by atoms with van der Waals surface area (Å²) in [5.41, 5.74) is 0.933. The molecule has 0 aliphatic heterocycles. The fourth-order valence-electron chi connectivity index (χ4n) is 2.10. The lowest BCUT2D eigenvalue weighted by Crippen LogP contribution is -2.28. The number of rotatable bonds is 7. The Kier molecular flexibility index (Phi) is 5.92. The molecule has 0 aliphatic carbocycles. The minimum absolute atomic E-state index is 0.114. The van der Waals surface area contributed by atoms with Crippen LogP contribution in [0.5, 0.6) is 5.75 Å². The zero-order chi connectivity index (χ0) is 17.6. The van der Waals surface area contributed by atoms with Crippen LogP contribution in [-0.2, 0) is 15.6 Å². The van der Waals surface area contributed by atoms with Crippen molar-refractivity contribution in [2.45, 2.75) is 5.75 Å². The Labute approximate surface area is 140 Å². The molecule has 0 radical (unpaired) electrons. The first-order valence-corrected chi connectivity index (χ1v) is 9.33. The summed E-state index contributed by atoms with van der Waals surface area (Å²) < 4.78 is 40.9. The molecule has 2 aromatic carbocycles. The van der Waals surface area contributed by atoms with Crippen molar-refractivity contribution < 1.29 is 22.3 Å². The molecule has 0 unspecified atom stereocenters. The largest absolute Gasteiger partial charge is 0.492 e. The maximum absolute atomic E-state index is 13.0. The Morgan fingerprint density at radius 3 is 2.62 bits per heavy atom. The molecule has 7 heteroatoms. The average Bonchev–Trinajstić information content (AvgIpc) is 2.50. The van der Waals surface area contributed by atoms with Gasteiger partial charge in [0.1, 0.15) is 18.2 Å². The molecule has 0 heterocycles. The summed E-state index contributed by atoms with van der Waals surface area (Å²) in [4.78, 5) is 12.1. The Morgan fingerprint density at radius 1 is 1.17 bits per heavy atom. The average molecular weight is 351 g/mol. The van der Waals surface area contributed by atoms with Gasteiger partial charge >= 0.3 is 0 Å². The monoisotopic (exact) mass is 351 g/mol. The second-order valence-electron chi connectivity index (χ2n) is 5.33. The summed E-state index contributed by atoms with van der Waals surface area (Å²) in [6.07, 6.45) is 1.14. The topological polar surface area (TPSA) is 72.5 Å². The third-order valence-electron chi connectivity index (χ3n) is 3.07. The first-order chi connectivity index (χ1) is 11.3. The zero-order valence-corrected chi connectivity index (χ0v) is 14.0. The number of hydrogen-bond donors (Lipinski definition) is 1. The van der Waals surface area contributed by atoms with Crippen LogP contribution in [0.2, 0.25) is 0 Å². The van der Waals surface area contributed by atoms with Crippen molar-refractivity contribution in [3.8, 4) is 5.75 Å². The van der Waals surface area contributed by atoms with Gasteiger partial charge in [-0.05, 0) is 29.8 Å². The van der Waals surface area contributed by atoms with Gasteiger partial charge in [-0.15, -0.1) is 0 Å². The highest BCUT2D eigenvalue weighted by atomic mass is 32.2. The van der Waals surface area contributed by atoms with E-state index in [2.05, 4.69) is 5.32 Å². The van der Waals surface area contributed by atoms with Gasteiger partial charge in [-0.25, -0.2) is 12.8 Å². The molecule has 2 rings (SSSR count). The molecule has 0 spiro atoms. The van der Waals surface area contributed by atoms with Crippen LogP contribution in [0.25, 0.3) is 0 Å². The van der Waals surface area contributed by atoms with Crippen LogP contribution >= 0.6 is 0 Å². The SMILES string of the molecule is CS(=O)(=O)Cc1cccc(C(=O)NCCOc2cccc(F)c2)c1. The number of ether oxygens (including phenoxy) is 1. The van der Waals surface area contributed by atoms with E-state index in [1.807, 2.05) is 0 Å². The van der Waals surface area contributed by atoms with Crippen LogP contribution in [0.15, 0.2) is 48.5 Å². The van der Waals surface area contributed by atoms with Crippen LogP contribution in [0.1, 0.15) is 15.9 Å². The molecule has 0 atom stereocenters. The first kappa shape index (κ1) is 17.9. The third kappa shape index (κ3) is 6.00. The predicted molar refractivity (Wildman–Crippen MR) is 89.2 cm³/mol. The fourth-order valence-corrected chi connectivity index (χ4v) is 2.88. The number of amides is 1. The van der Waals surface area contributed by atoms with E-state index in [4.69, 9.17) is 4.74 Å². The number of hydrogen-bond acceptors (Lipinski definition) is 4. The Hall–Kier alpha value is -2.41. The van der Waals surface area contributed by atoms with Gasteiger partial charge in [-0.2, -0.15) is 0 Å². The summed E-state index contributed by atoms with van der Waals surface area (Å²) >= 11 is 0. The molecule has 24 heavy (non-hydrogen) atoms. The summed E-state index contributed by atoms with van der Waals surface area (Å²) in [5.74, 6) is -0.441. The maximum Gasteiger partial charge on any atom is 0.251 e. The molecular formula is C17H18FNO4S. The number of halogens is 1. The molecule has 1 amide bonds. The zero-order valence-electron chi connectivity index (χ0n) is 13.2. The van der Waals surface area contributed by atoms with Crippen LogP contribution < -0.4 is 10.1 Å². The van der Waals surface area contributed by atoms with Gasteiger partial charge in [0.05, 0.1) is 12.3 Å². The van der Waals surface area contributed by atoms with Crippen molar-refractivity contribution in [1.29, 1.82) is 0 Å². The number of nitrogens with one attached hydrogen (secondary N) is 1. The highest BCUT2D eigenvalue weighted by Gasteiger charge is 2.09. The van der Waals surface area contributed by atoms with Gasteiger partial charge in [0.2, 0.25) is 0 Å². The summed E-state index contributed by atoms with van der Waals surface area (Å²) in [6, 6.07) is 12.2. The number of carbonyl (C=O) groups excluding carboxylic acids is 1. The fraction of sp³-hybridized carbons (Fsp3) is 0.235. The van der Waals surface area contributed by atoms with Crippen LogP contribution in [-0.4, -0.2) is 33.7 Å². The molecule has 128 valence electrons. The predicted octanol–water partition coefficient (Wildman–Crippen LogP) is 2.18. The minimum Gasteiger partial charge on any atom is -0.492 e. The normalized spacial score (nSPS) is 11.1. The summed E-state index contributed by atoms with van der Waals surface area (Å²) in [5, 5.41) is 2.67. The van der Waals surface area contributed by atoms with E-state index < -0.39 is 9.84 Å². The quantitative estimate of drug-likeness (QED) is 0.776. The molecule has 0 aromatic heterocycles.